The van der Waals surface area contributed by atoms with Gasteiger partial charge in [0.15, 0.2) is 0 Å². The van der Waals surface area contributed by atoms with Crippen molar-refractivity contribution in [1.82, 2.24) is 0 Å². The van der Waals surface area contributed by atoms with Crippen LogP contribution >= 0.6 is 15.9 Å². The summed E-state index contributed by atoms with van der Waals surface area (Å²) < 4.78 is 6.74. The quantitative estimate of drug-likeness (QED) is 0.774. The van der Waals surface area contributed by atoms with E-state index < -0.39 is 0 Å². The number of nitrogen functional groups attached to an aromatic ring is 1. The van der Waals surface area contributed by atoms with E-state index in [2.05, 4.69) is 15.9 Å². The Kier molecular flexibility index (Phi) is 5.44. The molecule has 1 unspecified atom stereocenters. The summed E-state index contributed by atoms with van der Waals surface area (Å²) in [6.45, 7) is 2.22. The molecule has 22 heavy (non-hydrogen) atoms. The first-order valence-corrected chi connectivity index (χ1v) is 7.80. The van der Waals surface area contributed by atoms with Crippen molar-refractivity contribution in [2.45, 2.75) is 20.0 Å². The summed E-state index contributed by atoms with van der Waals surface area (Å²) in [5, 5.41) is 0. The molecule has 4 nitrogen and oxygen atoms in total. The summed E-state index contributed by atoms with van der Waals surface area (Å²) in [6, 6.07) is 13.5. The summed E-state index contributed by atoms with van der Waals surface area (Å²) in [7, 11) is 0. The minimum absolute atomic E-state index is 0.303. The van der Waals surface area contributed by atoms with Gasteiger partial charge in [-0.1, -0.05) is 53.2 Å². The lowest BCUT2D eigenvalue weighted by molar-refractivity contribution is -0.121. The van der Waals surface area contributed by atoms with Crippen LogP contribution in [0.4, 0.5) is 5.69 Å². The molecule has 0 aliphatic heterocycles. The molecule has 0 aliphatic carbocycles. The van der Waals surface area contributed by atoms with Crippen molar-refractivity contribution in [1.29, 1.82) is 0 Å². The third kappa shape index (κ3) is 4.24. The third-order valence-electron chi connectivity index (χ3n) is 3.44. The number of hydrogen-bond donors (Lipinski definition) is 2. The van der Waals surface area contributed by atoms with Crippen molar-refractivity contribution in [2.75, 3.05) is 5.73 Å². The minimum Gasteiger partial charge on any atom is -0.489 e. The van der Waals surface area contributed by atoms with Gasteiger partial charge in [0.25, 0.3) is 0 Å². The molecule has 0 radical (unpaired) electrons. The van der Waals surface area contributed by atoms with Gasteiger partial charge in [0.05, 0.1) is 0 Å². The first-order chi connectivity index (χ1) is 10.5. The van der Waals surface area contributed by atoms with Gasteiger partial charge in [0.1, 0.15) is 12.4 Å². The SMILES string of the molecule is CC(Cc1c(N)cc(Br)cc1OCc1ccccc1)C(N)=O. The molecule has 2 aromatic carbocycles. The van der Waals surface area contributed by atoms with Crippen LogP contribution in [-0.2, 0) is 17.8 Å². The summed E-state index contributed by atoms with van der Waals surface area (Å²) in [6.07, 6.45) is 0.457. The second-order valence-corrected chi connectivity index (χ2v) is 6.17. The highest BCUT2D eigenvalue weighted by Crippen LogP contribution is 2.32. The van der Waals surface area contributed by atoms with Crippen LogP contribution in [0.5, 0.6) is 5.75 Å². The first-order valence-electron chi connectivity index (χ1n) is 7.01. The third-order valence-corrected chi connectivity index (χ3v) is 3.90. The maximum atomic E-state index is 11.3. The zero-order chi connectivity index (χ0) is 16.1. The molecule has 0 aliphatic rings. The predicted molar refractivity (Wildman–Crippen MR) is 91.4 cm³/mol. The fourth-order valence-electron chi connectivity index (χ4n) is 2.12. The van der Waals surface area contributed by atoms with Gasteiger partial charge in [-0.05, 0) is 24.1 Å². The Bertz CT molecular complexity index is 659. The average molecular weight is 363 g/mol. The summed E-state index contributed by atoms with van der Waals surface area (Å²) in [5.41, 5.74) is 13.9. The number of benzene rings is 2. The second-order valence-electron chi connectivity index (χ2n) is 5.25. The van der Waals surface area contributed by atoms with E-state index in [0.717, 1.165) is 15.6 Å². The molecule has 0 aromatic heterocycles. The second kappa shape index (κ2) is 7.31. The highest BCUT2D eigenvalue weighted by Gasteiger charge is 2.16. The summed E-state index contributed by atoms with van der Waals surface area (Å²) >= 11 is 3.42. The largest absolute Gasteiger partial charge is 0.489 e. The standard InChI is InChI=1S/C17H19BrN2O2/c1-11(17(20)21)7-14-15(19)8-13(18)9-16(14)22-10-12-5-3-2-4-6-12/h2-6,8-9,11H,7,10,19H2,1H3,(H2,20,21). The normalized spacial score (nSPS) is 11.9. The van der Waals surface area contributed by atoms with E-state index in [1.165, 1.54) is 0 Å². The molecule has 0 saturated heterocycles. The molecule has 2 rings (SSSR count). The Balaban J connectivity index is 2.23. The molecule has 0 spiro atoms. The Hall–Kier alpha value is -2.01. The highest BCUT2D eigenvalue weighted by atomic mass is 79.9. The maximum absolute atomic E-state index is 11.3. The monoisotopic (exact) mass is 362 g/mol. The van der Waals surface area contributed by atoms with E-state index in [0.29, 0.717) is 24.5 Å². The Morgan fingerprint density at radius 1 is 1.27 bits per heavy atom. The van der Waals surface area contributed by atoms with Gasteiger partial charge in [-0.3, -0.25) is 4.79 Å². The van der Waals surface area contributed by atoms with Crippen LogP contribution in [0.3, 0.4) is 0 Å². The lowest BCUT2D eigenvalue weighted by Crippen LogP contribution is -2.23. The van der Waals surface area contributed by atoms with E-state index in [1.807, 2.05) is 36.4 Å². The van der Waals surface area contributed by atoms with E-state index in [-0.39, 0.29) is 11.8 Å². The van der Waals surface area contributed by atoms with Crippen LogP contribution in [0.15, 0.2) is 46.9 Å². The van der Waals surface area contributed by atoms with Gasteiger partial charge in [0.2, 0.25) is 5.91 Å². The van der Waals surface area contributed by atoms with Gasteiger partial charge in [-0.2, -0.15) is 0 Å². The number of amides is 1. The zero-order valence-electron chi connectivity index (χ0n) is 12.4. The number of rotatable bonds is 6. The summed E-state index contributed by atoms with van der Waals surface area (Å²) in [4.78, 5) is 11.3. The van der Waals surface area contributed by atoms with Gasteiger partial charge in [-0.25, -0.2) is 0 Å². The van der Waals surface area contributed by atoms with E-state index >= 15 is 0 Å². The molecule has 4 N–H and O–H groups in total. The van der Waals surface area contributed by atoms with Crippen LogP contribution in [0.1, 0.15) is 18.1 Å². The van der Waals surface area contributed by atoms with Crippen molar-refractivity contribution < 1.29 is 9.53 Å². The minimum atomic E-state index is -0.351. The maximum Gasteiger partial charge on any atom is 0.220 e. The molecule has 0 heterocycles. The molecule has 116 valence electrons. The predicted octanol–water partition coefficient (Wildman–Crippen LogP) is 3.27. The fraction of sp³-hybridized carbons (Fsp3) is 0.235. The smallest absolute Gasteiger partial charge is 0.220 e. The van der Waals surface area contributed by atoms with Gasteiger partial charge >= 0.3 is 0 Å². The van der Waals surface area contributed by atoms with Crippen LogP contribution in [0.2, 0.25) is 0 Å². The Morgan fingerprint density at radius 2 is 1.95 bits per heavy atom. The Morgan fingerprint density at radius 3 is 2.59 bits per heavy atom. The van der Waals surface area contributed by atoms with Crippen molar-refractivity contribution in [3.63, 3.8) is 0 Å². The van der Waals surface area contributed by atoms with Gasteiger partial charge in [0, 0.05) is 21.6 Å². The molecular weight excluding hydrogens is 344 g/mol. The number of hydrogen-bond acceptors (Lipinski definition) is 3. The van der Waals surface area contributed by atoms with Crippen LogP contribution in [0, 0.1) is 5.92 Å². The van der Waals surface area contributed by atoms with E-state index in [9.17, 15) is 4.79 Å². The van der Waals surface area contributed by atoms with E-state index in [1.54, 1.807) is 13.0 Å². The van der Waals surface area contributed by atoms with Crippen molar-refractivity contribution in [2.24, 2.45) is 11.7 Å². The lowest BCUT2D eigenvalue weighted by atomic mass is 9.98. The molecular formula is C17H19BrN2O2. The number of ether oxygens (including phenoxy) is 1. The van der Waals surface area contributed by atoms with Crippen molar-refractivity contribution in [3.8, 4) is 5.75 Å². The number of primary amides is 1. The number of carbonyl (C=O) groups is 1. The van der Waals surface area contributed by atoms with Crippen LogP contribution in [0.25, 0.3) is 0 Å². The van der Waals surface area contributed by atoms with Crippen molar-refractivity contribution in [3.05, 3.63) is 58.1 Å². The Labute approximate surface area is 138 Å². The zero-order valence-corrected chi connectivity index (χ0v) is 14.0. The van der Waals surface area contributed by atoms with E-state index in [4.69, 9.17) is 16.2 Å². The average Bonchev–Trinajstić information content (AvgIpc) is 2.48. The fourth-order valence-corrected chi connectivity index (χ4v) is 2.58. The molecule has 5 heteroatoms. The van der Waals surface area contributed by atoms with Crippen LogP contribution in [-0.4, -0.2) is 5.91 Å². The molecule has 1 amide bonds. The number of anilines is 1. The molecule has 0 fully saturated rings. The first kappa shape index (κ1) is 16.4. The number of halogens is 1. The van der Waals surface area contributed by atoms with Gasteiger partial charge in [-0.15, -0.1) is 0 Å². The summed E-state index contributed by atoms with van der Waals surface area (Å²) in [5.74, 6) is 0.0164. The number of carbonyl (C=O) groups excluding carboxylic acids is 1. The molecule has 0 saturated carbocycles. The topological polar surface area (TPSA) is 78.3 Å². The van der Waals surface area contributed by atoms with Crippen LogP contribution < -0.4 is 16.2 Å². The van der Waals surface area contributed by atoms with Gasteiger partial charge < -0.3 is 16.2 Å². The molecule has 2 aromatic rings. The molecule has 0 bridgehead atoms. The van der Waals surface area contributed by atoms with Crippen molar-refractivity contribution >= 4 is 27.5 Å². The lowest BCUT2D eigenvalue weighted by Gasteiger charge is -2.16. The highest BCUT2D eigenvalue weighted by molar-refractivity contribution is 9.10. The molecule has 1 atom stereocenters. The number of nitrogens with two attached hydrogens (primary N) is 2.